The Kier molecular flexibility index (Phi) is 4.20. The van der Waals surface area contributed by atoms with Crippen LogP contribution in [0.3, 0.4) is 0 Å². The lowest BCUT2D eigenvalue weighted by atomic mass is 9.92. The molecule has 0 atom stereocenters. The third kappa shape index (κ3) is 2.94. The summed E-state index contributed by atoms with van der Waals surface area (Å²) in [5.74, 6) is 2.06. The zero-order chi connectivity index (χ0) is 14.2. The van der Waals surface area contributed by atoms with Gasteiger partial charge in [0.2, 0.25) is 0 Å². The van der Waals surface area contributed by atoms with Crippen molar-refractivity contribution >= 4 is 44.3 Å². The van der Waals surface area contributed by atoms with Crippen molar-refractivity contribution in [2.75, 3.05) is 12.4 Å². The van der Waals surface area contributed by atoms with Gasteiger partial charge in [-0.25, -0.2) is 9.97 Å². The Bertz CT molecular complexity index is 604. The molecule has 0 radical (unpaired) electrons. The van der Waals surface area contributed by atoms with E-state index < -0.39 is 0 Å². The summed E-state index contributed by atoms with van der Waals surface area (Å²) in [6, 6.07) is 1.84. The molecule has 6 heteroatoms. The average Bonchev–Trinajstić information content (AvgIpc) is 2.74. The van der Waals surface area contributed by atoms with E-state index >= 15 is 0 Å². The van der Waals surface area contributed by atoms with Crippen molar-refractivity contribution in [1.82, 2.24) is 9.97 Å². The Morgan fingerprint density at radius 1 is 1.32 bits per heavy atom. The maximum atomic E-state index is 5.46. The summed E-state index contributed by atoms with van der Waals surface area (Å²) in [4.78, 5) is 9.19. The summed E-state index contributed by atoms with van der Waals surface area (Å²) >= 11 is 5.73. The Labute approximate surface area is 134 Å². The maximum absolute atomic E-state index is 5.46. The van der Waals surface area contributed by atoms with E-state index in [0.29, 0.717) is 11.6 Å². The Balaban J connectivity index is 2.68. The lowest BCUT2D eigenvalue weighted by molar-refractivity contribution is 0.554. The first-order chi connectivity index (χ1) is 8.84. The minimum atomic E-state index is -0.0567. The van der Waals surface area contributed by atoms with Gasteiger partial charge in [-0.15, -0.1) is 0 Å². The zero-order valence-electron chi connectivity index (χ0n) is 11.2. The predicted molar refractivity (Wildman–Crippen MR) is 88.4 cm³/mol. The lowest BCUT2D eigenvalue weighted by Crippen LogP contribution is -2.18. The number of hydrogen-bond acceptors (Lipinski definition) is 4. The van der Waals surface area contributed by atoms with Crippen molar-refractivity contribution in [3.05, 3.63) is 26.1 Å². The summed E-state index contributed by atoms with van der Waals surface area (Å²) in [5.41, 5.74) is 0.949. The van der Waals surface area contributed by atoms with Crippen LogP contribution in [0.1, 0.15) is 26.5 Å². The largest absolute Gasteiger partial charge is 0.460 e. The van der Waals surface area contributed by atoms with E-state index in [0.717, 1.165) is 19.6 Å². The number of furan rings is 1. The minimum Gasteiger partial charge on any atom is -0.460 e. The highest BCUT2D eigenvalue weighted by atomic mass is 127. The van der Waals surface area contributed by atoms with Crippen LogP contribution < -0.4 is 5.32 Å². The molecule has 0 unspecified atom stereocenters. The third-order valence-corrected chi connectivity index (χ3v) is 4.26. The molecule has 0 saturated heterocycles. The van der Waals surface area contributed by atoms with Gasteiger partial charge in [0, 0.05) is 12.5 Å². The predicted octanol–water partition coefficient (Wildman–Crippen LogP) is 4.44. The van der Waals surface area contributed by atoms with Gasteiger partial charge in [-0.2, -0.15) is 0 Å². The van der Waals surface area contributed by atoms with Gasteiger partial charge in [0.25, 0.3) is 0 Å². The van der Waals surface area contributed by atoms with Gasteiger partial charge in [-0.05, 0) is 44.6 Å². The number of aromatic nitrogens is 2. The van der Waals surface area contributed by atoms with Gasteiger partial charge >= 0.3 is 0 Å². The van der Waals surface area contributed by atoms with Gasteiger partial charge < -0.3 is 9.73 Å². The fourth-order valence-electron chi connectivity index (χ4n) is 1.66. The Hall–Kier alpha value is -0.630. The number of rotatable bonds is 2. The summed E-state index contributed by atoms with van der Waals surface area (Å²) in [6.45, 7) is 6.41. The SMILES string of the molecule is CNc1nc(-c2occc2Br)nc(C(C)(C)C)c1I. The highest BCUT2D eigenvalue weighted by Gasteiger charge is 2.24. The number of hydrogen-bond donors (Lipinski definition) is 1. The topological polar surface area (TPSA) is 51.0 Å². The second-order valence-electron chi connectivity index (χ2n) is 5.16. The molecular formula is C13H15BrIN3O. The van der Waals surface area contributed by atoms with Gasteiger partial charge in [0.1, 0.15) is 5.82 Å². The highest BCUT2D eigenvalue weighted by Crippen LogP contribution is 2.33. The normalized spacial score (nSPS) is 11.7. The second-order valence-corrected chi connectivity index (χ2v) is 7.09. The molecule has 1 N–H and O–H groups in total. The molecule has 2 rings (SSSR count). The quantitative estimate of drug-likeness (QED) is 0.708. The summed E-state index contributed by atoms with van der Waals surface area (Å²) in [6.07, 6.45) is 1.62. The van der Waals surface area contributed by atoms with E-state index in [4.69, 9.17) is 4.42 Å². The first-order valence-electron chi connectivity index (χ1n) is 5.83. The highest BCUT2D eigenvalue weighted by molar-refractivity contribution is 14.1. The first-order valence-corrected chi connectivity index (χ1v) is 7.71. The molecule has 2 aromatic rings. The first kappa shape index (κ1) is 14.8. The fraction of sp³-hybridized carbons (Fsp3) is 0.385. The van der Waals surface area contributed by atoms with Crippen LogP contribution >= 0.6 is 38.5 Å². The lowest BCUT2D eigenvalue weighted by Gasteiger charge is -2.21. The summed E-state index contributed by atoms with van der Waals surface area (Å²) in [5, 5.41) is 3.11. The van der Waals surface area contributed by atoms with Crippen molar-refractivity contribution in [1.29, 1.82) is 0 Å². The van der Waals surface area contributed by atoms with Gasteiger partial charge in [-0.1, -0.05) is 20.8 Å². The van der Waals surface area contributed by atoms with Crippen LogP contribution in [-0.2, 0) is 5.41 Å². The second kappa shape index (κ2) is 5.40. The minimum absolute atomic E-state index is 0.0567. The van der Waals surface area contributed by atoms with E-state index in [2.05, 4.69) is 74.6 Å². The van der Waals surface area contributed by atoms with E-state index in [1.807, 2.05) is 13.1 Å². The molecule has 4 nitrogen and oxygen atoms in total. The molecule has 19 heavy (non-hydrogen) atoms. The van der Waals surface area contributed by atoms with Crippen molar-refractivity contribution < 1.29 is 4.42 Å². The smallest absolute Gasteiger partial charge is 0.199 e. The summed E-state index contributed by atoms with van der Waals surface area (Å²) in [7, 11) is 1.86. The van der Waals surface area contributed by atoms with Crippen molar-refractivity contribution in [2.24, 2.45) is 0 Å². The van der Waals surface area contributed by atoms with Crippen LogP contribution in [0.2, 0.25) is 0 Å². The molecule has 2 heterocycles. The van der Waals surface area contributed by atoms with Gasteiger partial charge in [0.15, 0.2) is 11.6 Å². The monoisotopic (exact) mass is 435 g/mol. The molecule has 102 valence electrons. The summed E-state index contributed by atoms with van der Waals surface area (Å²) < 4.78 is 7.35. The van der Waals surface area contributed by atoms with Crippen LogP contribution in [-0.4, -0.2) is 17.0 Å². The van der Waals surface area contributed by atoms with Gasteiger partial charge in [-0.3, -0.25) is 0 Å². The molecule has 0 aliphatic heterocycles. The average molecular weight is 436 g/mol. The Morgan fingerprint density at radius 2 is 2.00 bits per heavy atom. The number of nitrogens with one attached hydrogen (secondary N) is 1. The van der Waals surface area contributed by atoms with Crippen LogP contribution in [0.4, 0.5) is 5.82 Å². The maximum Gasteiger partial charge on any atom is 0.199 e. The van der Waals surface area contributed by atoms with E-state index in [9.17, 15) is 0 Å². The van der Waals surface area contributed by atoms with Crippen molar-refractivity contribution in [3.8, 4) is 11.6 Å². The molecule has 2 aromatic heterocycles. The van der Waals surface area contributed by atoms with Crippen LogP contribution in [0.25, 0.3) is 11.6 Å². The van der Waals surface area contributed by atoms with Crippen LogP contribution in [0.15, 0.2) is 21.2 Å². The van der Waals surface area contributed by atoms with Crippen molar-refractivity contribution in [2.45, 2.75) is 26.2 Å². The van der Waals surface area contributed by atoms with Crippen LogP contribution in [0, 0.1) is 3.57 Å². The third-order valence-electron chi connectivity index (χ3n) is 2.62. The molecule has 0 aromatic carbocycles. The molecular weight excluding hydrogens is 421 g/mol. The fourth-order valence-corrected chi connectivity index (χ4v) is 3.36. The van der Waals surface area contributed by atoms with E-state index in [1.54, 1.807) is 6.26 Å². The molecule has 0 amide bonds. The zero-order valence-corrected chi connectivity index (χ0v) is 15.0. The molecule has 0 fully saturated rings. The molecule has 0 spiro atoms. The molecule has 0 aliphatic rings. The number of nitrogens with zero attached hydrogens (tertiary/aromatic N) is 2. The molecule has 0 bridgehead atoms. The van der Waals surface area contributed by atoms with Crippen LogP contribution in [0.5, 0.6) is 0 Å². The van der Waals surface area contributed by atoms with E-state index in [-0.39, 0.29) is 5.41 Å². The number of anilines is 1. The number of halogens is 2. The standard InChI is InChI=1S/C13H15BrIN3O/c1-13(2,3)10-8(15)11(16-4)18-12(17-10)9-7(14)5-6-19-9/h5-6H,1-4H3,(H,16,17,18). The Morgan fingerprint density at radius 3 is 2.47 bits per heavy atom. The molecule has 0 aliphatic carbocycles. The van der Waals surface area contributed by atoms with E-state index in [1.165, 1.54) is 0 Å². The molecule has 0 saturated carbocycles. The van der Waals surface area contributed by atoms with Gasteiger partial charge in [0.05, 0.1) is 20.0 Å². The van der Waals surface area contributed by atoms with Crippen molar-refractivity contribution in [3.63, 3.8) is 0 Å².